The van der Waals surface area contributed by atoms with Crippen LogP contribution in [-0.4, -0.2) is 0 Å². The van der Waals surface area contributed by atoms with Gasteiger partial charge in [0, 0.05) is 37.8 Å². The lowest BCUT2D eigenvalue weighted by Gasteiger charge is -2.33. The summed E-state index contributed by atoms with van der Waals surface area (Å²) in [6.45, 7) is 4.65. The highest BCUT2D eigenvalue weighted by Crippen LogP contribution is 2.54. The minimum absolute atomic E-state index is 0.00475. The Hall–Kier alpha value is -3.95. The van der Waals surface area contributed by atoms with E-state index in [1.54, 1.807) is 0 Å². The highest BCUT2D eigenvalue weighted by molar-refractivity contribution is 7.99. The normalized spacial score (nSPS) is 14.4. The maximum Gasteiger partial charge on any atom is 0.0603 e. The molecule has 5 aromatic rings. The van der Waals surface area contributed by atoms with Gasteiger partial charge in [-0.2, -0.15) is 0 Å². The summed E-state index contributed by atoms with van der Waals surface area (Å²) in [6, 6.07) is 41.5. The number of nitrogens with zero attached hydrogens (tertiary/aromatic N) is 1. The third-order valence-electron chi connectivity index (χ3n) is 7.43. The van der Waals surface area contributed by atoms with Gasteiger partial charge in [0.15, 0.2) is 0 Å². The Morgan fingerprint density at radius 3 is 2.25 bits per heavy atom. The van der Waals surface area contributed by atoms with Crippen LogP contribution in [-0.2, 0) is 5.41 Å². The molecule has 0 unspecified atom stereocenters. The van der Waals surface area contributed by atoms with Gasteiger partial charge in [-0.3, -0.25) is 0 Å². The van der Waals surface area contributed by atoms with E-state index in [1.165, 1.54) is 49.1 Å². The van der Waals surface area contributed by atoms with E-state index in [9.17, 15) is 0 Å². The van der Waals surface area contributed by atoms with E-state index in [0.717, 1.165) is 11.4 Å². The number of benzene rings is 5. The van der Waals surface area contributed by atoms with Crippen LogP contribution in [0.4, 0.5) is 28.4 Å². The molecule has 0 saturated carbocycles. The predicted octanol–water partition coefficient (Wildman–Crippen LogP) is 9.67. The molecule has 3 heteroatoms. The van der Waals surface area contributed by atoms with E-state index >= 15 is 0 Å². The molecule has 0 bridgehead atoms. The molecule has 1 aliphatic carbocycles. The second-order valence-electron chi connectivity index (χ2n) is 9.95. The Labute approximate surface area is 216 Å². The SMILES string of the molecule is CC1(C)c2ccccc2-c2c(Nc3ccc4c(c3)Sc3ccccc3N4c3ccccc3)cccc21. The number of anilines is 5. The van der Waals surface area contributed by atoms with Crippen LogP contribution in [0.15, 0.2) is 125 Å². The fourth-order valence-electron chi connectivity index (χ4n) is 5.70. The molecule has 0 aromatic heterocycles. The summed E-state index contributed by atoms with van der Waals surface area (Å²) < 4.78 is 0. The molecule has 0 fully saturated rings. The van der Waals surface area contributed by atoms with Crippen LogP contribution in [0.25, 0.3) is 11.1 Å². The lowest BCUT2D eigenvalue weighted by molar-refractivity contribution is 0.660. The first-order valence-electron chi connectivity index (χ1n) is 12.4. The van der Waals surface area contributed by atoms with Crippen molar-refractivity contribution in [1.29, 1.82) is 0 Å². The van der Waals surface area contributed by atoms with E-state index in [4.69, 9.17) is 0 Å². The van der Waals surface area contributed by atoms with Gasteiger partial charge in [0.25, 0.3) is 0 Å². The molecule has 5 aromatic carbocycles. The minimum atomic E-state index is -0.00475. The van der Waals surface area contributed by atoms with Gasteiger partial charge in [-0.05, 0) is 65.2 Å². The zero-order valence-corrected chi connectivity index (χ0v) is 21.1. The molecule has 0 atom stereocenters. The zero-order chi connectivity index (χ0) is 24.3. The fraction of sp³-hybridized carbons (Fsp3) is 0.0909. The van der Waals surface area contributed by atoms with Crippen molar-refractivity contribution in [2.75, 3.05) is 10.2 Å². The summed E-state index contributed by atoms with van der Waals surface area (Å²) in [5.41, 5.74) is 11.3. The van der Waals surface area contributed by atoms with Crippen molar-refractivity contribution < 1.29 is 0 Å². The van der Waals surface area contributed by atoms with Crippen LogP contribution in [0.5, 0.6) is 0 Å². The average molecular weight is 483 g/mol. The molecule has 0 amide bonds. The smallest absolute Gasteiger partial charge is 0.0603 e. The van der Waals surface area contributed by atoms with Crippen molar-refractivity contribution in [2.45, 2.75) is 29.1 Å². The Morgan fingerprint density at radius 2 is 1.36 bits per heavy atom. The minimum Gasteiger partial charge on any atom is -0.355 e. The topological polar surface area (TPSA) is 15.3 Å². The van der Waals surface area contributed by atoms with Crippen LogP contribution in [0, 0.1) is 0 Å². The Balaban J connectivity index is 1.32. The van der Waals surface area contributed by atoms with Crippen LogP contribution < -0.4 is 10.2 Å². The standard InChI is InChI=1S/C33H26N2S/c1-33(2)25-14-7-6-13-24(25)32-26(33)15-10-16-27(32)34-22-19-20-29-31(21-22)36-30-18-9-8-17-28(30)35(29)23-11-4-3-5-12-23/h3-21,34H,1-2H3. The lowest BCUT2D eigenvalue weighted by Crippen LogP contribution is -2.15. The molecule has 1 N–H and O–H groups in total. The van der Waals surface area contributed by atoms with Crippen molar-refractivity contribution in [3.63, 3.8) is 0 Å². The molecule has 1 heterocycles. The molecule has 0 saturated heterocycles. The van der Waals surface area contributed by atoms with Gasteiger partial charge in [-0.1, -0.05) is 92.3 Å². The fourth-order valence-corrected chi connectivity index (χ4v) is 6.80. The van der Waals surface area contributed by atoms with Gasteiger partial charge >= 0.3 is 0 Å². The summed E-state index contributed by atoms with van der Waals surface area (Å²) in [7, 11) is 0. The molecular weight excluding hydrogens is 456 g/mol. The summed E-state index contributed by atoms with van der Waals surface area (Å²) >= 11 is 1.84. The van der Waals surface area contributed by atoms with E-state index in [1.807, 2.05) is 11.8 Å². The number of nitrogens with one attached hydrogen (secondary N) is 1. The predicted molar refractivity (Wildman–Crippen MR) is 153 cm³/mol. The van der Waals surface area contributed by atoms with Gasteiger partial charge < -0.3 is 10.2 Å². The second-order valence-corrected chi connectivity index (χ2v) is 11.0. The molecule has 2 nitrogen and oxygen atoms in total. The van der Waals surface area contributed by atoms with Gasteiger partial charge in [0.05, 0.1) is 11.4 Å². The number of hydrogen-bond acceptors (Lipinski definition) is 3. The van der Waals surface area contributed by atoms with Crippen molar-refractivity contribution >= 4 is 40.2 Å². The van der Waals surface area contributed by atoms with E-state index < -0.39 is 0 Å². The highest BCUT2D eigenvalue weighted by atomic mass is 32.2. The van der Waals surface area contributed by atoms with Crippen molar-refractivity contribution in [2.24, 2.45) is 0 Å². The van der Waals surface area contributed by atoms with Crippen molar-refractivity contribution in [1.82, 2.24) is 0 Å². The highest BCUT2D eigenvalue weighted by Gasteiger charge is 2.36. The van der Waals surface area contributed by atoms with Crippen molar-refractivity contribution in [3.8, 4) is 11.1 Å². The summed E-state index contributed by atoms with van der Waals surface area (Å²) in [4.78, 5) is 4.88. The average Bonchev–Trinajstić information content (AvgIpc) is 3.15. The first-order chi connectivity index (χ1) is 17.6. The third kappa shape index (κ3) is 3.20. The first kappa shape index (κ1) is 21.3. The monoisotopic (exact) mass is 482 g/mol. The summed E-state index contributed by atoms with van der Waals surface area (Å²) in [6.07, 6.45) is 0. The van der Waals surface area contributed by atoms with Crippen LogP contribution in [0.3, 0.4) is 0 Å². The van der Waals surface area contributed by atoms with E-state index in [2.05, 4.69) is 139 Å². The molecule has 0 spiro atoms. The zero-order valence-electron chi connectivity index (χ0n) is 20.3. The quantitative estimate of drug-likeness (QED) is 0.270. The second kappa shape index (κ2) is 8.04. The maximum atomic E-state index is 3.78. The van der Waals surface area contributed by atoms with Gasteiger partial charge in [-0.15, -0.1) is 0 Å². The number of para-hydroxylation sites is 2. The third-order valence-corrected chi connectivity index (χ3v) is 8.54. The van der Waals surface area contributed by atoms with Gasteiger partial charge in [0.2, 0.25) is 0 Å². The maximum absolute atomic E-state index is 3.78. The van der Waals surface area contributed by atoms with Crippen LogP contribution in [0.2, 0.25) is 0 Å². The molecule has 36 heavy (non-hydrogen) atoms. The molecule has 7 rings (SSSR count). The summed E-state index contributed by atoms with van der Waals surface area (Å²) in [5.74, 6) is 0. The van der Waals surface area contributed by atoms with Crippen molar-refractivity contribution in [3.05, 3.63) is 126 Å². The number of fused-ring (bicyclic) bond motifs is 5. The Kier molecular flexibility index (Phi) is 4.77. The van der Waals surface area contributed by atoms with Gasteiger partial charge in [0.1, 0.15) is 0 Å². The first-order valence-corrected chi connectivity index (χ1v) is 13.2. The molecule has 1 aliphatic heterocycles. The van der Waals surface area contributed by atoms with Crippen LogP contribution in [0.1, 0.15) is 25.0 Å². The number of hydrogen-bond donors (Lipinski definition) is 1. The molecular formula is C33H26N2S. The van der Waals surface area contributed by atoms with Crippen LogP contribution >= 0.6 is 11.8 Å². The van der Waals surface area contributed by atoms with E-state index in [0.29, 0.717) is 0 Å². The lowest BCUT2D eigenvalue weighted by atomic mass is 9.82. The largest absolute Gasteiger partial charge is 0.355 e. The molecule has 0 radical (unpaired) electrons. The number of rotatable bonds is 3. The Morgan fingerprint density at radius 1 is 0.639 bits per heavy atom. The molecule has 2 aliphatic rings. The van der Waals surface area contributed by atoms with Gasteiger partial charge in [-0.25, -0.2) is 0 Å². The summed E-state index contributed by atoms with van der Waals surface area (Å²) in [5, 5.41) is 3.78. The Bertz CT molecular complexity index is 1620. The molecule has 174 valence electrons. The van der Waals surface area contributed by atoms with E-state index in [-0.39, 0.29) is 5.41 Å².